The summed E-state index contributed by atoms with van der Waals surface area (Å²) in [5.74, 6) is 0.109. The lowest BCUT2D eigenvalue weighted by atomic mass is 9.87. The molecule has 0 saturated carbocycles. The third-order valence-corrected chi connectivity index (χ3v) is 4.77. The van der Waals surface area contributed by atoms with Gasteiger partial charge in [-0.15, -0.1) is 0 Å². The Bertz CT molecular complexity index is 894. The van der Waals surface area contributed by atoms with Gasteiger partial charge in [0, 0.05) is 16.5 Å². The molecule has 2 aromatic rings. The third kappa shape index (κ3) is 3.59. The standard InChI is InChI=1S/C20H16BrNO3/c1-12-2-9-18(23)20(25-15-6-3-13(11-22)4-7-15)19(24)17-10-14(21)5-8-16(12)17/h3-8,10,12,24H,2,9H2,1H3. The second kappa shape index (κ2) is 7.12. The highest BCUT2D eigenvalue weighted by atomic mass is 79.9. The van der Waals surface area contributed by atoms with Crippen LogP contribution < -0.4 is 4.74 Å². The number of nitriles is 1. The molecule has 0 aromatic heterocycles. The van der Waals surface area contributed by atoms with Gasteiger partial charge in [0.25, 0.3) is 0 Å². The van der Waals surface area contributed by atoms with Crippen molar-refractivity contribution in [3.63, 3.8) is 0 Å². The molecule has 3 rings (SSSR count). The smallest absolute Gasteiger partial charge is 0.212 e. The fraction of sp³-hybridized carbons (Fsp3) is 0.200. The van der Waals surface area contributed by atoms with Gasteiger partial charge in [-0.1, -0.05) is 28.9 Å². The molecular weight excluding hydrogens is 382 g/mol. The van der Waals surface area contributed by atoms with E-state index in [2.05, 4.69) is 15.9 Å². The van der Waals surface area contributed by atoms with Gasteiger partial charge in [0.05, 0.1) is 11.6 Å². The van der Waals surface area contributed by atoms with Gasteiger partial charge in [-0.2, -0.15) is 5.26 Å². The van der Waals surface area contributed by atoms with E-state index in [9.17, 15) is 9.90 Å². The molecule has 0 fully saturated rings. The van der Waals surface area contributed by atoms with Crippen LogP contribution in [0.4, 0.5) is 0 Å². The van der Waals surface area contributed by atoms with Gasteiger partial charge < -0.3 is 9.84 Å². The highest BCUT2D eigenvalue weighted by Gasteiger charge is 2.26. The van der Waals surface area contributed by atoms with Crippen molar-refractivity contribution >= 4 is 27.5 Å². The lowest BCUT2D eigenvalue weighted by molar-refractivity contribution is -0.117. The van der Waals surface area contributed by atoms with E-state index in [1.54, 1.807) is 30.3 Å². The molecular formula is C20H16BrNO3. The Kier molecular flexibility index (Phi) is 4.91. The molecule has 0 saturated heterocycles. The van der Waals surface area contributed by atoms with Crippen LogP contribution >= 0.6 is 15.9 Å². The average molecular weight is 398 g/mol. The summed E-state index contributed by atoms with van der Waals surface area (Å²) < 4.78 is 6.52. The van der Waals surface area contributed by atoms with Gasteiger partial charge in [0.15, 0.2) is 5.76 Å². The second-order valence-corrected chi connectivity index (χ2v) is 6.93. The van der Waals surface area contributed by atoms with Crippen LogP contribution in [-0.2, 0) is 4.79 Å². The second-order valence-electron chi connectivity index (χ2n) is 6.01. The molecule has 0 bridgehead atoms. The Balaban J connectivity index is 2.08. The Hall–Kier alpha value is -2.58. The van der Waals surface area contributed by atoms with Gasteiger partial charge in [0.2, 0.25) is 11.5 Å². The number of rotatable bonds is 2. The van der Waals surface area contributed by atoms with Crippen molar-refractivity contribution in [3.05, 3.63) is 69.4 Å². The zero-order chi connectivity index (χ0) is 18.0. The van der Waals surface area contributed by atoms with E-state index in [1.165, 1.54) is 0 Å². The first-order valence-electron chi connectivity index (χ1n) is 7.94. The minimum atomic E-state index is -0.237. The summed E-state index contributed by atoms with van der Waals surface area (Å²) in [6, 6.07) is 14.1. The number of ketones is 1. The Morgan fingerprint density at radius 1 is 1.24 bits per heavy atom. The van der Waals surface area contributed by atoms with E-state index >= 15 is 0 Å². The molecule has 1 atom stereocenters. The first-order chi connectivity index (χ1) is 12.0. The van der Waals surface area contributed by atoms with Crippen LogP contribution in [0, 0.1) is 11.3 Å². The summed E-state index contributed by atoms with van der Waals surface area (Å²) in [6.45, 7) is 2.04. The fourth-order valence-electron chi connectivity index (χ4n) is 2.85. The summed E-state index contributed by atoms with van der Waals surface area (Å²) in [4.78, 5) is 12.5. The van der Waals surface area contributed by atoms with E-state index < -0.39 is 0 Å². The lowest BCUT2D eigenvalue weighted by Gasteiger charge is -2.21. The molecule has 1 aliphatic carbocycles. The number of hydrogen-bond acceptors (Lipinski definition) is 4. The van der Waals surface area contributed by atoms with Crippen molar-refractivity contribution in [3.8, 4) is 11.8 Å². The summed E-state index contributed by atoms with van der Waals surface area (Å²) in [5, 5.41) is 19.6. The molecule has 2 aromatic carbocycles. The Morgan fingerprint density at radius 3 is 2.64 bits per heavy atom. The molecule has 1 aliphatic rings. The number of benzene rings is 2. The van der Waals surface area contributed by atoms with Crippen LogP contribution in [-0.4, -0.2) is 10.9 Å². The van der Waals surface area contributed by atoms with Gasteiger partial charge in [0.1, 0.15) is 5.75 Å². The highest BCUT2D eigenvalue weighted by Crippen LogP contribution is 2.35. The van der Waals surface area contributed by atoms with Crippen molar-refractivity contribution in [1.82, 2.24) is 0 Å². The summed E-state index contributed by atoms with van der Waals surface area (Å²) in [6.07, 6.45) is 0.979. The van der Waals surface area contributed by atoms with Crippen LogP contribution in [0.25, 0.3) is 5.76 Å². The Morgan fingerprint density at radius 2 is 1.96 bits per heavy atom. The maximum absolute atomic E-state index is 12.5. The van der Waals surface area contributed by atoms with Crippen LogP contribution in [0.2, 0.25) is 0 Å². The molecule has 5 heteroatoms. The molecule has 0 aliphatic heterocycles. The normalized spacial score (nSPS) is 17.3. The first kappa shape index (κ1) is 17.2. The maximum Gasteiger partial charge on any atom is 0.212 e. The molecule has 0 radical (unpaired) electrons. The van der Waals surface area contributed by atoms with Crippen LogP contribution in [0.5, 0.6) is 5.75 Å². The molecule has 0 spiro atoms. The van der Waals surface area contributed by atoms with Gasteiger partial charge >= 0.3 is 0 Å². The van der Waals surface area contributed by atoms with Gasteiger partial charge in [-0.3, -0.25) is 4.79 Å². The predicted octanol–water partition coefficient (Wildman–Crippen LogP) is 5.09. The van der Waals surface area contributed by atoms with E-state index in [4.69, 9.17) is 10.00 Å². The van der Waals surface area contributed by atoms with E-state index in [0.717, 1.165) is 10.0 Å². The average Bonchev–Trinajstić information content (AvgIpc) is 2.63. The number of allylic oxidation sites excluding steroid dienone is 1. The lowest BCUT2D eigenvalue weighted by Crippen LogP contribution is -2.16. The number of fused-ring (bicyclic) bond motifs is 1. The first-order valence-corrected chi connectivity index (χ1v) is 8.73. The molecule has 1 N–H and O–H groups in total. The number of aliphatic hydroxyl groups excluding tert-OH is 1. The Labute approximate surface area is 154 Å². The highest BCUT2D eigenvalue weighted by molar-refractivity contribution is 9.10. The molecule has 25 heavy (non-hydrogen) atoms. The minimum Gasteiger partial charge on any atom is -0.504 e. The van der Waals surface area contributed by atoms with Crippen LogP contribution in [0.1, 0.15) is 42.4 Å². The SMILES string of the molecule is CC1CCC(=O)C(Oc2ccc(C#N)cc2)=C(O)c2cc(Br)ccc21. The van der Waals surface area contributed by atoms with Crippen molar-refractivity contribution in [2.45, 2.75) is 25.7 Å². The number of halogens is 1. The van der Waals surface area contributed by atoms with E-state index in [1.807, 2.05) is 25.1 Å². The number of nitrogens with zero attached hydrogens (tertiary/aromatic N) is 1. The maximum atomic E-state index is 12.5. The molecule has 4 nitrogen and oxygen atoms in total. The predicted molar refractivity (Wildman–Crippen MR) is 98.1 cm³/mol. The summed E-state index contributed by atoms with van der Waals surface area (Å²) >= 11 is 3.41. The van der Waals surface area contributed by atoms with Crippen LogP contribution in [0.15, 0.2) is 52.7 Å². The van der Waals surface area contributed by atoms with E-state index in [0.29, 0.717) is 29.7 Å². The van der Waals surface area contributed by atoms with E-state index in [-0.39, 0.29) is 23.2 Å². The number of carbonyl (C=O) groups is 1. The minimum absolute atomic E-state index is 0.0593. The number of ether oxygens (including phenoxy) is 1. The molecule has 0 amide bonds. The monoisotopic (exact) mass is 397 g/mol. The zero-order valence-corrected chi connectivity index (χ0v) is 15.2. The van der Waals surface area contributed by atoms with Gasteiger partial charge in [-0.25, -0.2) is 0 Å². The quantitative estimate of drug-likeness (QED) is 0.765. The number of carbonyl (C=O) groups excluding carboxylic acids is 1. The largest absolute Gasteiger partial charge is 0.504 e. The van der Waals surface area contributed by atoms with Crippen molar-refractivity contribution in [2.75, 3.05) is 0 Å². The van der Waals surface area contributed by atoms with Crippen molar-refractivity contribution in [1.29, 1.82) is 5.26 Å². The molecule has 126 valence electrons. The zero-order valence-electron chi connectivity index (χ0n) is 13.6. The number of Topliss-reactive ketones (excluding diaryl/α,β-unsaturated/α-hetero) is 1. The fourth-order valence-corrected chi connectivity index (χ4v) is 3.22. The summed E-state index contributed by atoms with van der Waals surface area (Å²) in [7, 11) is 0. The van der Waals surface area contributed by atoms with Gasteiger partial charge in [-0.05, 0) is 54.3 Å². The van der Waals surface area contributed by atoms with Crippen molar-refractivity contribution < 1.29 is 14.6 Å². The van der Waals surface area contributed by atoms with Crippen molar-refractivity contribution in [2.24, 2.45) is 0 Å². The number of hydrogen-bond donors (Lipinski definition) is 1. The third-order valence-electron chi connectivity index (χ3n) is 4.28. The molecule has 1 unspecified atom stereocenters. The van der Waals surface area contributed by atoms with Crippen LogP contribution in [0.3, 0.4) is 0 Å². The number of aliphatic hydroxyl groups is 1. The topological polar surface area (TPSA) is 70.3 Å². The molecule has 0 heterocycles. The summed E-state index contributed by atoms with van der Waals surface area (Å²) in [5.41, 5.74) is 2.07.